The second-order valence-electron chi connectivity index (χ2n) is 8.90. The van der Waals surface area contributed by atoms with Crippen LogP contribution in [0.15, 0.2) is 54.6 Å². The molecule has 35 heavy (non-hydrogen) atoms. The number of rotatable bonds is 11. The highest BCUT2D eigenvalue weighted by atomic mass is 19.3. The first-order valence-corrected chi connectivity index (χ1v) is 12.0. The van der Waals surface area contributed by atoms with Crippen molar-refractivity contribution in [2.24, 2.45) is 5.92 Å². The molecule has 1 saturated heterocycles. The van der Waals surface area contributed by atoms with Gasteiger partial charge in [-0.25, -0.2) is 4.39 Å². The van der Waals surface area contributed by atoms with E-state index in [9.17, 15) is 8.78 Å². The summed E-state index contributed by atoms with van der Waals surface area (Å²) in [6.45, 7) is -0.759. The van der Waals surface area contributed by atoms with E-state index in [1.165, 1.54) is 12.1 Å². The minimum Gasteiger partial charge on any atom is -0.435 e. The molecule has 4 nitrogen and oxygen atoms in total. The fourth-order valence-corrected chi connectivity index (χ4v) is 4.34. The molecule has 0 bridgehead atoms. The van der Waals surface area contributed by atoms with Crippen molar-refractivity contribution in [3.05, 3.63) is 77.1 Å². The lowest BCUT2D eigenvalue weighted by molar-refractivity contribution is -0.204. The standard InChI is InChI=1S/C28H31F3O4/c1-32-15-14-21-17-33-26(34-18-21)13-6-20-5-12-25-23(16-20)9-8-22(27(25)29)7-2-19-3-10-24(11-4-19)35-28(30)31/h3-5,8-12,16,21,26,28H,2,6-7,13-15,17-18H2,1H3. The van der Waals surface area contributed by atoms with Crippen LogP contribution >= 0.6 is 0 Å². The van der Waals surface area contributed by atoms with E-state index in [-0.39, 0.29) is 17.9 Å². The molecule has 0 atom stereocenters. The van der Waals surface area contributed by atoms with Gasteiger partial charge in [-0.2, -0.15) is 8.78 Å². The van der Waals surface area contributed by atoms with Crippen molar-refractivity contribution in [1.82, 2.24) is 0 Å². The van der Waals surface area contributed by atoms with Crippen LogP contribution in [0.3, 0.4) is 0 Å². The summed E-state index contributed by atoms with van der Waals surface area (Å²) in [5, 5.41) is 1.46. The molecular formula is C28H31F3O4. The molecule has 3 aromatic rings. The van der Waals surface area contributed by atoms with Gasteiger partial charge in [0, 0.05) is 31.4 Å². The van der Waals surface area contributed by atoms with E-state index < -0.39 is 6.61 Å². The third kappa shape index (κ3) is 7.19. The van der Waals surface area contributed by atoms with Crippen LogP contribution in [-0.2, 0) is 33.5 Å². The van der Waals surface area contributed by atoms with E-state index in [1.807, 2.05) is 30.3 Å². The van der Waals surface area contributed by atoms with Crippen molar-refractivity contribution in [1.29, 1.82) is 0 Å². The summed E-state index contributed by atoms with van der Waals surface area (Å²) < 4.78 is 60.9. The largest absolute Gasteiger partial charge is 0.435 e. The molecule has 0 amide bonds. The Kier molecular flexibility index (Phi) is 9.01. The van der Waals surface area contributed by atoms with E-state index in [2.05, 4.69) is 4.74 Å². The fourth-order valence-electron chi connectivity index (χ4n) is 4.34. The number of fused-ring (bicyclic) bond motifs is 1. The van der Waals surface area contributed by atoms with Crippen molar-refractivity contribution in [2.75, 3.05) is 26.9 Å². The maximum Gasteiger partial charge on any atom is 0.387 e. The first-order chi connectivity index (χ1) is 17.0. The van der Waals surface area contributed by atoms with Crippen LogP contribution in [-0.4, -0.2) is 39.8 Å². The molecule has 0 N–H and O–H groups in total. The Labute approximate surface area is 203 Å². The minimum absolute atomic E-state index is 0.115. The lowest BCUT2D eigenvalue weighted by Gasteiger charge is -2.29. The van der Waals surface area contributed by atoms with Gasteiger partial charge in [0.05, 0.1) is 13.2 Å². The summed E-state index contributed by atoms with van der Waals surface area (Å²) in [7, 11) is 1.70. The van der Waals surface area contributed by atoms with Gasteiger partial charge in [-0.1, -0.05) is 42.5 Å². The predicted molar refractivity (Wildman–Crippen MR) is 128 cm³/mol. The molecule has 1 fully saturated rings. The number of aryl methyl sites for hydroxylation is 3. The Morgan fingerprint density at radius 3 is 2.34 bits per heavy atom. The Hall–Kier alpha value is -2.61. The van der Waals surface area contributed by atoms with Crippen LogP contribution in [0.4, 0.5) is 13.2 Å². The van der Waals surface area contributed by atoms with Crippen LogP contribution in [0.2, 0.25) is 0 Å². The minimum atomic E-state index is -2.85. The zero-order valence-electron chi connectivity index (χ0n) is 19.9. The first-order valence-electron chi connectivity index (χ1n) is 12.0. The third-order valence-corrected chi connectivity index (χ3v) is 6.36. The Balaban J connectivity index is 1.31. The number of benzene rings is 3. The lowest BCUT2D eigenvalue weighted by Crippen LogP contribution is -2.32. The van der Waals surface area contributed by atoms with Crippen LogP contribution < -0.4 is 4.74 Å². The van der Waals surface area contributed by atoms with Crippen molar-refractivity contribution < 1.29 is 32.1 Å². The molecule has 1 aliphatic heterocycles. The highest BCUT2D eigenvalue weighted by Gasteiger charge is 2.22. The van der Waals surface area contributed by atoms with Crippen LogP contribution in [0.1, 0.15) is 29.5 Å². The van der Waals surface area contributed by atoms with Gasteiger partial charge in [-0.15, -0.1) is 0 Å². The fraction of sp³-hybridized carbons (Fsp3) is 0.429. The maximum absolute atomic E-state index is 15.2. The lowest BCUT2D eigenvalue weighted by atomic mass is 9.98. The van der Waals surface area contributed by atoms with Gasteiger partial charge in [0.25, 0.3) is 0 Å². The smallest absolute Gasteiger partial charge is 0.387 e. The molecule has 0 saturated carbocycles. The van der Waals surface area contributed by atoms with E-state index in [4.69, 9.17) is 14.2 Å². The predicted octanol–water partition coefficient (Wildman–Crippen LogP) is 6.32. The number of methoxy groups -OCH3 is 1. The molecule has 4 rings (SSSR count). The molecule has 3 aromatic carbocycles. The number of ether oxygens (including phenoxy) is 4. The van der Waals surface area contributed by atoms with Gasteiger partial charge in [-0.05, 0) is 59.9 Å². The van der Waals surface area contributed by atoms with Gasteiger partial charge in [0.1, 0.15) is 11.6 Å². The van der Waals surface area contributed by atoms with E-state index in [1.54, 1.807) is 19.2 Å². The highest BCUT2D eigenvalue weighted by Crippen LogP contribution is 2.25. The van der Waals surface area contributed by atoms with Crippen molar-refractivity contribution in [3.8, 4) is 5.75 Å². The van der Waals surface area contributed by atoms with Crippen molar-refractivity contribution >= 4 is 10.8 Å². The van der Waals surface area contributed by atoms with Gasteiger partial charge in [-0.3, -0.25) is 0 Å². The molecule has 188 valence electrons. The molecule has 0 spiro atoms. The second-order valence-corrected chi connectivity index (χ2v) is 8.90. The quantitative estimate of drug-likeness (QED) is 0.316. The normalized spacial score (nSPS) is 18.3. The molecule has 7 heteroatoms. The number of hydrogen-bond donors (Lipinski definition) is 0. The number of alkyl halides is 2. The number of halogens is 3. The van der Waals surface area contributed by atoms with Crippen molar-refractivity contribution in [2.45, 2.75) is 45.0 Å². The SMILES string of the molecule is COCCC1COC(CCc2ccc3c(F)c(CCc4ccc(OC(F)F)cc4)ccc3c2)OC1. The zero-order valence-corrected chi connectivity index (χ0v) is 19.9. The molecule has 0 radical (unpaired) electrons. The summed E-state index contributed by atoms with van der Waals surface area (Å²) in [6.07, 6.45) is 3.38. The second kappa shape index (κ2) is 12.4. The van der Waals surface area contributed by atoms with Crippen LogP contribution in [0.5, 0.6) is 5.75 Å². The first kappa shape index (κ1) is 25.5. The summed E-state index contributed by atoms with van der Waals surface area (Å²) >= 11 is 0. The molecule has 1 heterocycles. The van der Waals surface area contributed by atoms with Gasteiger partial charge < -0.3 is 18.9 Å². The third-order valence-electron chi connectivity index (χ3n) is 6.36. The van der Waals surface area contributed by atoms with E-state index in [0.717, 1.165) is 35.8 Å². The van der Waals surface area contributed by atoms with Crippen molar-refractivity contribution in [3.63, 3.8) is 0 Å². The average molecular weight is 489 g/mol. The van der Waals surface area contributed by atoms with E-state index in [0.29, 0.717) is 49.5 Å². The monoisotopic (exact) mass is 488 g/mol. The molecule has 0 aliphatic carbocycles. The van der Waals surface area contributed by atoms with Crippen LogP contribution in [0, 0.1) is 11.7 Å². The van der Waals surface area contributed by atoms with Gasteiger partial charge in [0.2, 0.25) is 0 Å². The molecule has 0 aromatic heterocycles. The van der Waals surface area contributed by atoms with Crippen LogP contribution in [0.25, 0.3) is 10.8 Å². The molecular weight excluding hydrogens is 457 g/mol. The summed E-state index contributed by atoms with van der Waals surface area (Å²) in [5.41, 5.74) is 2.67. The topological polar surface area (TPSA) is 36.9 Å². The summed E-state index contributed by atoms with van der Waals surface area (Å²) in [5.74, 6) is 0.278. The molecule has 0 unspecified atom stereocenters. The maximum atomic E-state index is 15.2. The van der Waals surface area contributed by atoms with Gasteiger partial charge >= 0.3 is 6.61 Å². The number of hydrogen-bond acceptors (Lipinski definition) is 4. The summed E-state index contributed by atoms with van der Waals surface area (Å²) in [4.78, 5) is 0. The zero-order chi connectivity index (χ0) is 24.6. The van der Waals surface area contributed by atoms with E-state index >= 15 is 4.39 Å². The highest BCUT2D eigenvalue weighted by molar-refractivity contribution is 5.84. The Morgan fingerprint density at radius 1 is 0.886 bits per heavy atom. The summed E-state index contributed by atoms with van der Waals surface area (Å²) in [6, 6.07) is 16.0. The van der Waals surface area contributed by atoms with Gasteiger partial charge in [0.15, 0.2) is 6.29 Å². The molecule has 1 aliphatic rings. The Morgan fingerprint density at radius 2 is 1.63 bits per heavy atom. The average Bonchev–Trinajstić information content (AvgIpc) is 2.87. The Bertz CT molecular complexity index is 1080.